The van der Waals surface area contributed by atoms with Crippen molar-refractivity contribution in [2.75, 3.05) is 0 Å². The van der Waals surface area contributed by atoms with Gasteiger partial charge in [0.25, 0.3) is 0 Å². The predicted octanol–water partition coefficient (Wildman–Crippen LogP) is -0.164. The number of rotatable bonds is 5. The maximum atomic E-state index is 11.8. The van der Waals surface area contributed by atoms with Gasteiger partial charge in [0, 0.05) is 12.2 Å². The van der Waals surface area contributed by atoms with E-state index in [1.165, 1.54) is 24.3 Å². The summed E-state index contributed by atoms with van der Waals surface area (Å²) < 4.78 is 9.51. The lowest BCUT2D eigenvalue weighted by Crippen LogP contribution is -2.48. The van der Waals surface area contributed by atoms with Crippen LogP contribution in [0.2, 0.25) is 0 Å². The van der Waals surface area contributed by atoms with Crippen molar-refractivity contribution in [1.29, 1.82) is 0 Å². The number of ether oxygens (including phenoxy) is 2. The molecule has 0 amide bonds. The first-order valence-electron chi connectivity index (χ1n) is 7.12. The SMILES string of the molecule is O=C(C=Cc1ccc(O)c(O)c1)O[C@@H]1C=C(C(=O)O)O[C@@H](C(=O)O)[C@@H]1O. The molecule has 1 aliphatic rings. The molecule has 10 heteroatoms. The van der Waals surface area contributed by atoms with Crippen LogP contribution in [0.5, 0.6) is 11.5 Å². The highest BCUT2D eigenvalue weighted by Gasteiger charge is 2.41. The molecule has 1 aromatic rings. The molecule has 3 atom stereocenters. The normalized spacial score (nSPS) is 22.3. The van der Waals surface area contributed by atoms with E-state index in [0.29, 0.717) is 5.56 Å². The molecule has 1 aromatic carbocycles. The number of aliphatic carboxylic acids is 2. The van der Waals surface area contributed by atoms with Gasteiger partial charge >= 0.3 is 17.9 Å². The van der Waals surface area contributed by atoms with Crippen molar-refractivity contribution in [3.05, 3.63) is 41.7 Å². The fourth-order valence-corrected chi connectivity index (χ4v) is 2.07. The standard InChI is InChI=1S/C16H14O10/c17-8-3-1-7(5-9(8)18)2-4-12(19)25-10-6-11(15(21)22)26-14(13(10)20)16(23)24/h1-6,10,13-14,17-18,20H,(H,21,22)(H,23,24)/t10-,13-,14-/m1/s1. The Morgan fingerprint density at radius 1 is 1.12 bits per heavy atom. The molecule has 0 unspecified atom stereocenters. The quantitative estimate of drug-likeness (QED) is 0.268. The van der Waals surface area contributed by atoms with E-state index in [2.05, 4.69) is 4.74 Å². The molecular formula is C16H14O10. The third-order valence-corrected chi connectivity index (χ3v) is 3.33. The van der Waals surface area contributed by atoms with E-state index >= 15 is 0 Å². The second kappa shape index (κ2) is 7.57. The third-order valence-electron chi connectivity index (χ3n) is 3.33. The third kappa shape index (κ3) is 4.30. The average molecular weight is 366 g/mol. The van der Waals surface area contributed by atoms with Gasteiger partial charge in [-0.05, 0) is 23.8 Å². The molecular weight excluding hydrogens is 352 g/mol. The number of hydrogen-bond donors (Lipinski definition) is 5. The summed E-state index contributed by atoms with van der Waals surface area (Å²) in [5.74, 6) is -5.73. The summed E-state index contributed by atoms with van der Waals surface area (Å²) in [6.07, 6.45) is -2.36. The summed E-state index contributed by atoms with van der Waals surface area (Å²) in [4.78, 5) is 33.8. The first kappa shape index (κ1) is 18.8. The molecule has 5 N–H and O–H groups in total. The molecule has 0 spiro atoms. The lowest BCUT2D eigenvalue weighted by molar-refractivity contribution is -0.172. The zero-order chi connectivity index (χ0) is 19.4. The number of hydrogen-bond acceptors (Lipinski definition) is 8. The molecule has 1 aliphatic heterocycles. The molecule has 0 bridgehead atoms. The highest BCUT2D eigenvalue weighted by atomic mass is 16.6. The van der Waals surface area contributed by atoms with Crippen molar-refractivity contribution in [3.8, 4) is 11.5 Å². The van der Waals surface area contributed by atoms with Crippen LogP contribution >= 0.6 is 0 Å². The summed E-state index contributed by atoms with van der Waals surface area (Å²) in [6, 6.07) is 3.76. The van der Waals surface area contributed by atoms with E-state index in [4.69, 9.17) is 14.9 Å². The number of phenols is 2. The monoisotopic (exact) mass is 366 g/mol. The lowest BCUT2D eigenvalue weighted by atomic mass is 10.0. The number of benzene rings is 1. The number of aliphatic hydroxyl groups excluding tert-OH is 1. The Morgan fingerprint density at radius 3 is 2.38 bits per heavy atom. The second-order valence-corrected chi connectivity index (χ2v) is 5.19. The van der Waals surface area contributed by atoms with Gasteiger partial charge in [0.15, 0.2) is 17.6 Å². The second-order valence-electron chi connectivity index (χ2n) is 5.19. The van der Waals surface area contributed by atoms with Gasteiger partial charge in [-0.2, -0.15) is 0 Å². The van der Waals surface area contributed by atoms with Crippen LogP contribution in [0.25, 0.3) is 6.08 Å². The fourth-order valence-electron chi connectivity index (χ4n) is 2.07. The van der Waals surface area contributed by atoms with Crippen LogP contribution in [0.4, 0.5) is 0 Å². The van der Waals surface area contributed by atoms with Gasteiger partial charge < -0.3 is 35.0 Å². The van der Waals surface area contributed by atoms with Crippen LogP contribution in [0.3, 0.4) is 0 Å². The Labute approximate surface area is 145 Å². The van der Waals surface area contributed by atoms with Crippen LogP contribution in [0.15, 0.2) is 36.1 Å². The van der Waals surface area contributed by atoms with Crippen molar-refractivity contribution >= 4 is 24.0 Å². The number of carbonyl (C=O) groups excluding carboxylic acids is 1. The molecule has 0 saturated carbocycles. The molecule has 0 saturated heterocycles. The van der Waals surface area contributed by atoms with Crippen molar-refractivity contribution in [2.45, 2.75) is 18.3 Å². The highest BCUT2D eigenvalue weighted by molar-refractivity contribution is 5.88. The summed E-state index contributed by atoms with van der Waals surface area (Å²) in [7, 11) is 0. The van der Waals surface area contributed by atoms with Gasteiger partial charge in [-0.25, -0.2) is 14.4 Å². The van der Waals surface area contributed by atoms with Crippen LogP contribution in [0, 0.1) is 0 Å². The summed E-state index contributed by atoms with van der Waals surface area (Å²) >= 11 is 0. The number of aromatic hydroxyl groups is 2. The van der Waals surface area contributed by atoms with Crippen molar-refractivity contribution < 1.29 is 49.4 Å². The zero-order valence-electron chi connectivity index (χ0n) is 13.0. The van der Waals surface area contributed by atoms with E-state index in [0.717, 1.165) is 12.2 Å². The van der Waals surface area contributed by atoms with Gasteiger partial charge in [0.2, 0.25) is 11.9 Å². The Bertz CT molecular complexity index is 794. The molecule has 0 fully saturated rings. The van der Waals surface area contributed by atoms with Crippen LogP contribution < -0.4 is 0 Å². The van der Waals surface area contributed by atoms with E-state index in [1.54, 1.807) is 0 Å². The molecule has 2 rings (SSSR count). The number of carboxylic acids is 2. The zero-order valence-corrected chi connectivity index (χ0v) is 13.0. The number of carbonyl (C=O) groups is 3. The maximum Gasteiger partial charge on any atom is 0.370 e. The highest BCUT2D eigenvalue weighted by Crippen LogP contribution is 2.25. The summed E-state index contributed by atoms with van der Waals surface area (Å²) in [5.41, 5.74) is 0.343. The van der Waals surface area contributed by atoms with Gasteiger partial charge in [0.1, 0.15) is 6.10 Å². The van der Waals surface area contributed by atoms with Gasteiger partial charge in [-0.1, -0.05) is 6.07 Å². The average Bonchev–Trinajstić information content (AvgIpc) is 2.57. The summed E-state index contributed by atoms with van der Waals surface area (Å²) in [6.45, 7) is 0. The van der Waals surface area contributed by atoms with Crippen molar-refractivity contribution in [2.24, 2.45) is 0 Å². The van der Waals surface area contributed by atoms with Crippen LogP contribution in [-0.4, -0.2) is 61.8 Å². The van der Waals surface area contributed by atoms with Gasteiger partial charge in [-0.3, -0.25) is 0 Å². The van der Waals surface area contributed by atoms with Crippen molar-refractivity contribution in [1.82, 2.24) is 0 Å². The largest absolute Gasteiger partial charge is 0.504 e. The molecule has 1 heterocycles. The smallest absolute Gasteiger partial charge is 0.370 e. The molecule has 26 heavy (non-hydrogen) atoms. The Morgan fingerprint density at radius 2 is 1.81 bits per heavy atom. The van der Waals surface area contributed by atoms with E-state index in [-0.39, 0.29) is 5.75 Å². The Hall–Kier alpha value is -3.53. The predicted molar refractivity (Wildman–Crippen MR) is 82.9 cm³/mol. The minimum Gasteiger partial charge on any atom is -0.504 e. The van der Waals surface area contributed by atoms with Gasteiger partial charge in [0.05, 0.1) is 0 Å². The number of esters is 1. The number of phenolic OH excluding ortho intramolecular Hbond substituents is 2. The Kier molecular flexibility index (Phi) is 5.48. The molecule has 0 aromatic heterocycles. The van der Waals surface area contributed by atoms with E-state index < -0.39 is 47.7 Å². The Balaban J connectivity index is 2.13. The maximum absolute atomic E-state index is 11.8. The minimum absolute atomic E-state index is 0.343. The summed E-state index contributed by atoms with van der Waals surface area (Å²) in [5, 5.41) is 46.3. The molecule has 10 nitrogen and oxygen atoms in total. The first-order chi connectivity index (χ1) is 12.2. The van der Waals surface area contributed by atoms with Crippen molar-refractivity contribution in [3.63, 3.8) is 0 Å². The topological polar surface area (TPSA) is 171 Å². The van der Waals surface area contributed by atoms with Gasteiger partial charge in [-0.15, -0.1) is 0 Å². The molecule has 0 radical (unpaired) electrons. The van der Waals surface area contributed by atoms with E-state index in [9.17, 15) is 29.7 Å². The molecule has 0 aliphatic carbocycles. The number of carboxylic acid groups (broad SMARTS) is 2. The number of aliphatic hydroxyl groups is 1. The fraction of sp³-hybridized carbons (Fsp3) is 0.188. The van der Waals surface area contributed by atoms with Crippen LogP contribution in [0.1, 0.15) is 5.56 Å². The first-order valence-corrected chi connectivity index (χ1v) is 7.12. The lowest BCUT2D eigenvalue weighted by Gasteiger charge is -2.30. The molecule has 138 valence electrons. The van der Waals surface area contributed by atoms with E-state index in [1.807, 2.05) is 0 Å². The minimum atomic E-state index is -1.91. The van der Waals surface area contributed by atoms with Crippen LogP contribution in [-0.2, 0) is 23.9 Å².